The summed E-state index contributed by atoms with van der Waals surface area (Å²) < 4.78 is 0. The first-order chi connectivity index (χ1) is 5.16. The van der Waals surface area contributed by atoms with Gasteiger partial charge in [0, 0.05) is 13.0 Å². The Balaban J connectivity index is 3.36. The van der Waals surface area contributed by atoms with Crippen LogP contribution in [0.3, 0.4) is 0 Å². The third-order valence-corrected chi connectivity index (χ3v) is 1.45. The number of hydrogen-bond acceptors (Lipinski definition) is 2. The minimum absolute atomic E-state index is 0.250. The Morgan fingerprint density at radius 2 is 2.36 bits per heavy atom. The summed E-state index contributed by atoms with van der Waals surface area (Å²) in [4.78, 5) is 14.2. The molecule has 0 aromatic heterocycles. The average Bonchev–Trinajstić information content (AvgIpc) is 1.97. The highest BCUT2D eigenvalue weighted by Gasteiger charge is 2.03. The Kier molecular flexibility index (Phi) is 5.43. The molecule has 0 heterocycles. The number of aliphatic imine (C=N–C) groups is 1. The fourth-order valence-electron chi connectivity index (χ4n) is 0.747. The van der Waals surface area contributed by atoms with Crippen LogP contribution >= 0.6 is 0 Å². The SMILES string of the molecule is CC=NCC(C)CCC(=O)O. The molecule has 3 nitrogen and oxygen atoms in total. The number of carboxylic acids is 1. The van der Waals surface area contributed by atoms with E-state index in [9.17, 15) is 4.79 Å². The van der Waals surface area contributed by atoms with E-state index in [2.05, 4.69) is 4.99 Å². The zero-order chi connectivity index (χ0) is 8.69. The van der Waals surface area contributed by atoms with Crippen LogP contribution in [-0.2, 0) is 4.79 Å². The molecule has 0 bridgehead atoms. The second-order valence-electron chi connectivity index (χ2n) is 2.66. The van der Waals surface area contributed by atoms with E-state index < -0.39 is 5.97 Å². The molecule has 0 spiro atoms. The third-order valence-electron chi connectivity index (χ3n) is 1.45. The van der Waals surface area contributed by atoms with Crippen molar-refractivity contribution in [1.29, 1.82) is 0 Å². The standard InChI is InChI=1S/C8H15NO2/c1-3-9-6-7(2)4-5-8(10)11/h3,7H,4-6H2,1-2H3,(H,10,11). The molecule has 0 saturated heterocycles. The van der Waals surface area contributed by atoms with E-state index in [1.165, 1.54) is 0 Å². The van der Waals surface area contributed by atoms with Gasteiger partial charge in [0.15, 0.2) is 0 Å². The highest BCUT2D eigenvalue weighted by molar-refractivity contribution is 5.66. The number of carboxylic acid groups (broad SMARTS) is 1. The van der Waals surface area contributed by atoms with Gasteiger partial charge in [0.2, 0.25) is 0 Å². The molecule has 0 aromatic rings. The lowest BCUT2D eigenvalue weighted by Crippen LogP contribution is -2.03. The maximum Gasteiger partial charge on any atom is 0.303 e. The quantitative estimate of drug-likeness (QED) is 0.616. The van der Waals surface area contributed by atoms with Crippen molar-refractivity contribution in [2.75, 3.05) is 6.54 Å². The monoisotopic (exact) mass is 157 g/mol. The zero-order valence-corrected chi connectivity index (χ0v) is 7.08. The molecule has 3 heteroatoms. The van der Waals surface area contributed by atoms with Crippen LogP contribution in [0.25, 0.3) is 0 Å². The summed E-state index contributed by atoms with van der Waals surface area (Å²) in [5.74, 6) is -0.348. The molecule has 0 amide bonds. The molecule has 0 aliphatic heterocycles. The molecule has 64 valence electrons. The van der Waals surface area contributed by atoms with E-state index in [1.54, 1.807) is 6.21 Å². The minimum Gasteiger partial charge on any atom is -0.481 e. The summed E-state index contributed by atoms with van der Waals surface area (Å²) in [6.45, 7) is 4.61. The van der Waals surface area contributed by atoms with E-state index in [-0.39, 0.29) is 6.42 Å². The van der Waals surface area contributed by atoms with Crippen molar-refractivity contribution >= 4 is 12.2 Å². The Morgan fingerprint density at radius 3 is 2.82 bits per heavy atom. The summed E-state index contributed by atoms with van der Waals surface area (Å²) in [5, 5.41) is 8.35. The zero-order valence-electron chi connectivity index (χ0n) is 7.08. The molecule has 0 saturated carbocycles. The molecular formula is C8H15NO2. The largest absolute Gasteiger partial charge is 0.481 e. The van der Waals surface area contributed by atoms with Crippen molar-refractivity contribution < 1.29 is 9.90 Å². The van der Waals surface area contributed by atoms with Crippen molar-refractivity contribution in [2.24, 2.45) is 10.9 Å². The molecule has 0 radical (unpaired) electrons. The molecule has 1 N–H and O–H groups in total. The lowest BCUT2D eigenvalue weighted by Gasteiger charge is -2.04. The molecular weight excluding hydrogens is 142 g/mol. The summed E-state index contributed by atoms with van der Waals surface area (Å²) >= 11 is 0. The fraction of sp³-hybridized carbons (Fsp3) is 0.750. The van der Waals surface area contributed by atoms with Gasteiger partial charge in [0.25, 0.3) is 0 Å². The molecule has 11 heavy (non-hydrogen) atoms. The molecule has 0 rings (SSSR count). The summed E-state index contributed by atoms with van der Waals surface area (Å²) in [7, 11) is 0. The highest BCUT2D eigenvalue weighted by Crippen LogP contribution is 2.04. The Hall–Kier alpha value is -0.860. The van der Waals surface area contributed by atoms with Gasteiger partial charge in [0.1, 0.15) is 0 Å². The van der Waals surface area contributed by atoms with Gasteiger partial charge in [-0.1, -0.05) is 6.92 Å². The second-order valence-corrected chi connectivity index (χ2v) is 2.66. The predicted octanol–water partition coefficient (Wildman–Crippen LogP) is 1.58. The van der Waals surface area contributed by atoms with Crippen molar-refractivity contribution in [3.05, 3.63) is 0 Å². The smallest absolute Gasteiger partial charge is 0.303 e. The van der Waals surface area contributed by atoms with Crippen LogP contribution in [0.1, 0.15) is 26.7 Å². The Morgan fingerprint density at radius 1 is 1.73 bits per heavy atom. The van der Waals surface area contributed by atoms with Crippen molar-refractivity contribution in [2.45, 2.75) is 26.7 Å². The summed E-state index contributed by atoms with van der Waals surface area (Å²) in [5.41, 5.74) is 0. The van der Waals surface area contributed by atoms with E-state index in [1.807, 2.05) is 13.8 Å². The van der Waals surface area contributed by atoms with E-state index in [4.69, 9.17) is 5.11 Å². The number of rotatable bonds is 5. The first-order valence-corrected chi connectivity index (χ1v) is 3.83. The van der Waals surface area contributed by atoms with Gasteiger partial charge in [-0.2, -0.15) is 0 Å². The van der Waals surface area contributed by atoms with Crippen LogP contribution in [0, 0.1) is 5.92 Å². The van der Waals surface area contributed by atoms with Crippen LogP contribution in [0.5, 0.6) is 0 Å². The number of carbonyl (C=O) groups is 1. The van der Waals surface area contributed by atoms with Gasteiger partial charge < -0.3 is 5.11 Å². The van der Waals surface area contributed by atoms with Crippen molar-refractivity contribution in [3.63, 3.8) is 0 Å². The Labute approximate surface area is 67.1 Å². The van der Waals surface area contributed by atoms with Gasteiger partial charge in [-0.25, -0.2) is 0 Å². The number of aliphatic carboxylic acids is 1. The second kappa shape index (κ2) is 5.89. The first-order valence-electron chi connectivity index (χ1n) is 3.83. The number of hydrogen-bond donors (Lipinski definition) is 1. The summed E-state index contributed by atoms with van der Waals surface area (Å²) in [6, 6.07) is 0. The molecule has 0 aromatic carbocycles. The fourth-order valence-corrected chi connectivity index (χ4v) is 0.747. The lowest BCUT2D eigenvalue weighted by molar-refractivity contribution is -0.137. The van der Waals surface area contributed by atoms with E-state index in [0.717, 1.165) is 6.54 Å². The van der Waals surface area contributed by atoms with Crippen LogP contribution in [0.4, 0.5) is 0 Å². The van der Waals surface area contributed by atoms with Gasteiger partial charge in [-0.05, 0) is 25.5 Å². The van der Waals surface area contributed by atoms with Crippen LogP contribution in [-0.4, -0.2) is 23.8 Å². The third kappa shape index (κ3) is 7.03. The number of nitrogens with zero attached hydrogens (tertiary/aromatic N) is 1. The Bertz CT molecular complexity index is 143. The predicted molar refractivity (Wildman–Crippen MR) is 45.1 cm³/mol. The minimum atomic E-state index is -0.725. The molecule has 1 atom stereocenters. The molecule has 0 aliphatic rings. The topological polar surface area (TPSA) is 49.7 Å². The normalized spacial score (nSPS) is 13.6. The molecule has 0 aliphatic carbocycles. The van der Waals surface area contributed by atoms with Gasteiger partial charge in [-0.3, -0.25) is 9.79 Å². The van der Waals surface area contributed by atoms with E-state index in [0.29, 0.717) is 12.3 Å². The summed E-state index contributed by atoms with van der Waals surface area (Å²) in [6.07, 6.45) is 2.71. The van der Waals surface area contributed by atoms with Crippen LogP contribution in [0.2, 0.25) is 0 Å². The maximum atomic E-state index is 10.1. The maximum absolute atomic E-state index is 10.1. The van der Waals surface area contributed by atoms with Crippen LogP contribution in [0.15, 0.2) is 4.99 Å². The lowest BCUT2D eigenvalue weighted by atomic mass is 10.1. The molecule has 0 fully saturated rings. The van der Waals surface area contributed by atoms with Gasteiger partial charge in [-0.15, -0.1) is 0 Å². The van der Waals surface area contributed by atoms with Crippen molar-refractivity contribution in [1.82, 2.24) is 0 Å². The first kappa shape index (κ1) is 10.1. The van der Waals surface area contributed by atoms with Crippen LogP contribution < -0.4 is 0 Å². The molecule has 1 unspecified atom stereocenters. The highest BCUT2D eigenvalue weighted by atomic mass is 16.4. The van der Waals surface area contributed by atoms with E-state index >= 15 is 0 Å². The average molecular weight is 157 g/mol. The van der Waals surface area contributed by atoms with Gasteiger partial charge >= 0.3 is 5.97 Å². The van der Waals surface area contributed by atoms with Crippen molar-refractivity contribution in [3.8, 4) is 0 Å². The van der Waals surface area contributed by atoms with Gasteiger partial charge in [0.05, 0.1) is 0 Å².